The molecule has 0 aliphatic heterocycles. The van der Waals surface area contributed by atoms with E-state index in [0.717, 1.165) is 0 Å². The van der Waals surface area contributed by atoms with E-state index in [9.17, 15) is 0 Å². The molecule has 0 saturated carbocycles. The largest absolute Gasteiger partial charge is 0.378 e. The zero-order chi connectivity index (χ0) is 20.0. The van der Waals surface area contributed by atoms with E-state index < -0.39 is 8.07 Å². The minimum atomic E-state index is -2.08. The third-order valence-corrected chi connectivity index (χ3v) is 12.0. The quantitative estimate of drug-likeness (QED) is 0.511. The lowest BCUT2D eigenvalue weighted by Gasteiger charge is -2.41. The maximum atomic E-state index is 2.60. The number of hydrogen-bond acceptors (Lipinski definition) is 1. The van der Waals surface area contributed by atoms with Crippen molar-refractivity contribution in [3.63, 3.8) is 0 Å². The van der Waals surface area contributed by atoms with Gasteiger partial charge in [0.15, 0.2) is 0 Å². The molecule has 0 bridgehead atoms. The maximum absolute atomic E-state index is 2.60. The number of rotatable bonds is 4. The van der Waals surface area contributed by atoms with Crippen molar-refractivity contribution in [3.8, 4) is 0 Å². The Morgan fingerprint density at radius 2 is 1.14 bits per heavy atom. The molecule has 2 atom stereocenters. The topological polar surface area (TPSA) is 3.24 Å². The van der Waals surface area contributed by atoms with Crippen LogP contribution in [0, 0.1) is 0 Å². The molecule has 1 nitrogen and oxygen atoms in total. The van der Waals surface area contributed by atoms with Crippen LogP contribution < -0.4 is 10.1 Å². The summed E-state index contributed by atoms with van der Waals surface area (Å²) in [5.41, 5.74) is 8.03. The Bertz CT molecular complexity index is 1060. The molecule has 0 radical (unpaired) electrons. The molecule has 3 aromatic rings. The van der Waals surface area contributed by atoms with E-state index in [1.54, 1.807) is 5.19 Å². The summed E-state index contributed by atoms with van der Waals surface area (Å²) in [5, 5.41) is 1.54. The van der Waals surface area contributed by atoms with Crippen LogP contribution in [0.5, 0.6) is 0 Å². The minimum absolute atomic E-state index is 0.459. The van der Waals surface area contributed by atoms with Crippen molar-refractivity contribution >= 4 is 31.1 Å². The Morgan fingerprint density at radius 1 is 0.655 bits per heavy atom. The van der Waals surface area contributed by atoms with Gasteiger partial charge in [0.05, 0.1) is 0 Å². The Hall–Kier alpha value is -2.84. The van der Waals surface area contributed by atoms with E-state index in [0.29, 0.717) is 11.1 Å². The summed E-state index contributed by atoms with van der Waals surface area (Å²) < 4.78 is 0. The molecule has 2 heteroatoms. The van der Waals surface area contributed by atoms with E-state index >= 15 is 0 Å². The van der Waals surface area contributed by atoms with Crippen LogP contribution in [-0.4, -0.2) is 22.2 Å². The van der Waals surface area contributed by atoms with Crippen LogP contribution in [0.2, 0.25) is 6.55 Å². The van der Waals surface area contributed by atoms with E-state index in [1.807, 2.05) is 0 Å². The summed E-state index contributed by atoms with van der Waals surface area (Å²) in [4.78, 5) is 2.29. The molecule has 0 fully saturated rings. The molecular formula is C27H27NSi. The molecule has 0 spiro atoms. The highest BCUT2D eigenvalue weighted by Gasteiger charge is 2.48. The van der Waals surface area contributed by atoms with Gasteiger partial charge >= 0.3 is 0 Å². The van der Waals surface area contributed by atoms with Gasteiger partial charge in [0, 0.05) is 30.9 Å². The normalized spacial score (nSPS) is 20.9. The van der Waals surface area contributed by atoms with Gasteiger partial charge in [-0.1, -0.05) is 97.6 Å². The predicted molar refractivity (Wildman–Crippen MR) is 128 cm³/mol. The highest BCUT2D eigenvalue weighted by Crippen LogP contribution is 2.47. The first-order valence-corrected chi connectivity index (χ1v) is 13.1. The van der Waals surface area contributed by atoms with Gasteiger partial charge in [-0.3, -0.25) is 0 Å². The lowest BCUT2D eigenvalue weighted by molar-refractivity contribution is 1.05. The second-order valence-corrected chi connectivity index (χ2v) is 13.0. The third-order valence-electron chi connectivity index (χ3n) is 6.86. The van der Waals surface area contributed by atoms with E-state index in [4.69, 9.17) is 0 Å². The van der Waals surface area contributed by atoms with Gasteiger partial charge in [-0.25, -0.2) is 0 Å². The van der Waals surface area contributed by atoms with Gasteiger partial charge in [-0.15, -0.1) is 0 Å². The van der Waals surface area contributed by atoms with Gasteiger partial charge in [-0.05, 0) is 33.5 Å². The number of para-hydroxylation sites is 1. The first-order valence-electron chi connectivity index (χ1n) is 10.4. The lowest BCUT2D eigenvalue weighted by atomic mass is 10.1. The van der Waals surface area contributed by atoms with Crippen molar-refractivity contribution in [3.05, 3.63) is 107 Å². The number of hydrogen-bond donors (Lipinski definition) is 0. The monoisotopic (exact) mass is 393 g/mol. The highest BCUT2D eigenvalue weighted by atomic mass is 28.3. The Balaban J connectivity index is 1.76. The van der Waals surface area contributed by atoms with Crippen molar-refractivity contribution in [2.75, 3.05) is 19.0 Å². The fourth-order valence-electron chi connectivity index (χ4n) is 5.39. The van der Waals surface area contributed by atoms with Crippen LogP contribution in [-0.2, 0) is 0 Å². The summed E-state index contributed by atoms with van der Waals surface area (Å²) in [5.74, 6) is 0. The molecule has 0 amide bonds. The fraction of sp³-hybridized carbons (Fsp3) is 0.185. The Kier molecular flexibility index (Phi) is 4.33. The van der Waals surface area contributed by atoms with Crippen molar-refractivity contribution in [2.24, 2.45) is 0 Å². The van der Waals surface area contributed by atoms with Crippen LogP contribution in [0.1, 0.15) is 33.3 Å². The third kappa shape index (κ3) is 2.74. The molecular weight excluding hydrogens is 366 g/mol. The van der Waals surface area contributed by atoms with Crippen molar-refractivity contribution in [1.82, 2.24) is 0 Å². The number of fused-ring (bicyclic) bond motifs is 2. The molecule has 2 unspecified atom stereocenters. The van der Waals surface area contributed by atoms with Crippen molar-refractivity contribution in [2.45, 2.75) is 17.6 Å². The zero-order valence-corrected chi connectivity index (χ0v) is 18.3. The molecule has 2 aliphatic carbocycles. The number of anilines is 1. The van der Waals surface area contributed by atoms with Gasteiger partial charge < -0.3 is 4.90 Å². The lowest BCUT2D eigenvalue weighted by Crippen LogP contribution is -2.55. The first kappa shape index (κ1) is 18.2. The SMILES string of the molecule is CN(C)c1ccccc1[Si](C)(C1C=Cc2ccccc21)C1C=Cc2ccccc21. The molecule has 0 saturated heterocycles. The number of allylic oxidation sites excluding steroid dienone is 2. The molecule has 0 aromatic heterocycles. The Labute approximate surface area is 175 Å². The van der Waals surface area contributed by atoms with Gasteiger partial charge in [0.2, 0.25) is 0 Å². The Morgan fingerprint density at radius 3 is 1.69 bits per heavy atom. The second kappa shape index (κ2) is 6.89. The molecule has 5 rings (SSSR count). The zero-order valence-electron chi connectivity index (χ0n) is 17.3. The molecule has 0 N–H and O–H groups in total. The van der Waals surface area contributed by atoms with Gasteiger partial charge in [-0.2, -0.15) is 0 Å². The van der Waals surface area contributed by atoms with Crippen molar-refractivity contribution in [1.29, 1.82) is 0 Å². The summed E-state index contributed by atoms with van der Waals surface area (Å²) in [6.07, 6.45) is 9.65. The van der Waals surface area contributed by atoms with Crippen LogP contribution in [0.25, 0.3) is 12.2 Å². The molecule has 2 aliphatic rings. The van der Waals surface area contributed by atoms with Crippen LogP contribution in [0.3, 0.4) is 0 Å². The fourth-order valence-corrected chi connectivity index (χ4v) is 10.6. The van der Waals surface area contributed by atoms with E-state index in [1.165, 1.54) is 27.9 Å². The summed E-state index contributed by atoms with van der Waals surface area (Å²) in [6.45, 7) is 2.60. The average molecular weight is 394 g/mol. The van der Waals surface area contributed by atoms with Crippen LogP contribution in [0.15, 0.2) is 84.9 Å². The molecule has 29 heavy (non-hydrogen) atoms. The van der Waals surface area contributed by atoms with Crippen LogP contribution >= 0.6 is 0 Å². The average Bonchev–Trinajstić information content (AvgIpc) is 3.38. The molecule has 3 aromatic carbocycles. The van der Waals surface area contributed by atoms with Gasteiger partial charge in [0.1, 0.15) is 8.07 Å². The smallest absolute Gasteiger partial charge is 0.109 e. The minimum Gasteiger partial charge on any atom is -0.378 e. The van der Waals surface area contributed by atoms with Crippen molar-refractivity contribution < 1.29 is 0 Å². The molecule has 144 valence electrons. The summed E-state index contributed by atoms with van der Waals surface area (Å²) >= 11 is 0. The number of benzene rings is 3. The standard InChI is InChI=1S/C27H27NSi/c1-28(2)24-14-8-9-15-27(24)29(3,25-18-16-20-10-4-6-12-22(20)25)26-19-17-21-11-5-7-13-23(21)26/h4-19,25-26H,1-3H3. The summed E-state index contributed by atoms with van der Waals surface area (Å²) in [6, 6.07) is 27.0. The number of nitrogens with zero attached hydrogens (tertiary/aromatic N) is 1. The molecule has 0 heterocycles. The van der Waals surface area contributed by atoms with Gasteiger partial charge in [0.25, 0.3) is 0 Å². The highest BCUT2D eigenvalue weighted by molar-refractivity contribution is 6.95. The summed E-state index contributed by atoms with van der Waals surface area (Å²) in [7, 11) is 2.26. The van der Waals surface area contributed by atoms with E-state index in [-0.39, 0.29) is 0 Å². The second-order valence-electron chi connectivity index (χ2n) is 8.63. The van der Waals surface area contributed by atoms with E-state index in [2.05, 4.69) is 123 Å². The first-order chi connectivity index (χ1) is 14.1. The maximum Gasteiger partial charge on any atom is 0.109 e. The predicted octanol–water partition coefficient (Wildman–Crippen LogP) is 5.74. The van der Waals surface area contributed by atoms with Crippen LogP contribution in [0.4, 0.5) is 5.69 Å².